The molecule has 124 valence electrons. The predicted molar refractivity (Wildman–Crippen MR) is 89.3 cm³/mol. The second-order valence-corrected chi connectivity index (χ2v) is 4.46. The number of para-hydroxylation sites is 2. The van der Waals surface area contributed by atoms with E-state index >= 15 is 0 Å². The van der Waals surface area contributed by atoms with Crippen LogP contribution in [0.25, 0.3) is 5.69 Å². The van der Waals surface area contributed by atoms with Gasteiger partial charge < -0.3 is 15.4 Å². The molecule has 1 heterocycles. The van der Waals surface area contributed by atoms with Crippen LogP contribution in [-0.4, -0.2) is 41.9 Å². The highest BCUT2D eigenvalue weighted by molar-refractivity contribution is 5.94. The van der Waals surface area contributed by atoms with Gasteiger partial charge in [-0.1, -0.05) is 12.1 Å². The Hall–Kier alpha value is -2.38. The number of halogens is 1. The van der Waals surface area contributed by atoms with E-state index in [0.29, 0.717) is 18.0 Å². The number of carbonyl (C=O) groups is 2. The van der Waals surface area contributed by atoms with Gasteiger partial charge in [0.25, 0.3) is 0 Å². The second kappa shape index (κ2) is 8.92. The zero-order valence-corrected chi connectivity index (χ0v) is 13.7. The molecule has 0 radical (unpaired) electrons. The van der Waals surface area contributed by atoms with E-state index in [1.807, 2.05) is 12.1 Å². The number of aromatic nitrogens is 2. The number of amides is 1. The Morgan fingerprint density at radius 1 is 1.26 bits per heavy atom. The van der Waals surface area contributed by atoms with E-state index < -0.39 is 5.97 Å². The molecule has 7 nitrogen and oxygen atoms in total. The predicted octanol–water partition coefficient (Wildman–Crippen LogP) is 1.63. The lowest BCUT2D eigenvalue weighted by Gasteiger charge is -2.10. The molecule has 0 unspecified atom stereocenters. The number of ether oxygens (including phenoxy) is 1. The molecular weight excluding hydrogens is 320 g/mol. The summed E-state index contributed by atoms with van der Waals surface area (Å²) in [6.45, 7) is 2.24. The van der Waals surface area contributed by atoms with Crippen molar-refractivity contribution in [3.05, 3.63) is 42.2 Å². The molecule has 0 saturated carbocycles. The minimum Gasteiger partial charge on any atom is -0.461 e. The summed E-state index contributed by atoms with van der Waals surface area (Å²) < 4.78 is 6.44. The van der Waals surface area contributed by atoms with Gasteiger partial charge in [-0.05, 0) is 32.2 Å². The first kappa shape index (κ1) is 18.7. The van der Waals surface area contributed by atoms with Crippen molar-refractivity contribution < 1.29 is 14.3 Å². The van der Waals surface area contributed by atoms with Crippen molar-refractivity contribution in [2.75, 3.05) is 25.5 Å². The first-order valence-corrected chi connectivity index (χ1v) is 6.92. The fraction of sp³-hybridized carbons (Fsp3) is 0.267. The van der Waals surface area contributed by atoms with Crippen LogP contribution in [0.4, 0.5) is 5.69 Å². The third kappa shape index (κ3) is 4.80. The van der Waals surface area contributed by atoms with E-state index in [4.69, 9.17) is 4.74 Å². The standard InChI is InChI=1S/C15H18N4O3.ClH/c1-3-22-15(21)12-8-9-19(18-12)13-7-5-4-6-11(13)17-14(20)10-16-2;/h4-9,16H,3,10H2,1-2H3,(H,17,20);1H. The summed E-state index contributed by atoms with van der Waals surface area (Å²) >= 11 is 0. The third-order valence-electron chi connectivity index (χ3n) is 2.84. The van der Waals surface area contributed by atoms with Crippen LogP contribution >= 0.6 is 12.4 Å². The Bertz CT molecular complexity index is 672. The van der Waals surface area contributed by atoms with Crippen LogP contribution in [0.5, 0.6) is 0 Å². The van der Waals surface area contributed by atoms with Crippen molar-refractivity contribution in [3.63, 3.8) is 0 Å². The number of rotatable bonds is 6. The maximum Gasteiger partial charge on any atom is 0.358 e. The Labute approximate surface area is 140 Å². The Balaban J connectivity index is 0.00000264. The van der Waals surface area contributed by atoms with Gasteiger partial charge in [-0.25, -0.2) is 9.48 Å². The van der Waals surface area contributed by atoms with Crippen LogP contribution in [0.3, 0.4) is 0 Å². The minimum absolute atomic E-state index is 0. The SMILES string of the molecule is CCOC(=O)c1ccn(-c2ccccc2NC(=O)CNC)n1.Cl. The van der Waals surface area contributed by atoms with Crippen molar-refractivity contribution in [1.82, 2.24) is 15.1 Å². The summed E-state index contributed by atoms with van der Waals surface area (Å²) in [7, 11) is 1.70. The number of hydrogen-bond donors (Lipinski definition) is 2. The number of hydrogen-bond acceptors (Lipinski definition) is 5. The van der Waals surface area contributed by atoms with Gasteiger partial charge in [-0.15, -0.1) is 12.4 Å². The monoisotopic (exact) mass is 338 g/mol. The molecule has 0 aliphatic rings. The van der Waals surface area contributed by atoms with E-state index in [1.54, 1.807) is 38.4 Å². The average molecular weight is 339 g/mol. The first-order valence-electron chi connectivity index (χ1n) is 6.92. The van der Waals surface area contributed by atoms with Crippen molar-refractivity contribution >= 4 is 30.0 Å². The lowest BCUT2D eigenvalue weighted by Crippen LogP contribution is -2.25. The first-order chi connectivity index (χ1) is 10.7. The number of likely N-dealkylation sites (N-methyl/N-ethyl adjacent to an activating group) is 1. The van der Waals surface area contributed by atoms with Gasteiger partial charge in [0.2, 0.25) is 5.91 Å². The van der Waals surface area contributed by atoms with Crippen molar-refractivity contribution in [3.8, 4) is 5.69 Å². The topological polar surface area (TPSA) is 85.2 Å². The molecule has 2 rings (SSSR count). The fourth-order valence-electron chi connectivity index (χ4n) is 1.91. The van der Waals surface area contributed by atoms with E-state index in [2.05, 4.69) is 15.7 Å². The lowest BCUT2D eigenvalue weighted by molar-refractivity contribution is -0.115. The summed E-state index contributed by atoms with van der Waals surface area (Å²) in [6.07, 6.45) is 1.65. The molecular formula is C15H19ClN4O3. The van der Waals surface area contributed by atoms with E-state index in [9.17, 15) is 9.59 Å². The lowest BCUT2D eigenvalue weighted by atomic mass is 10.2. The van der Waals surface area contributed by atoms with Gasteiger partial charge in [-0.3, -0.25) is 4.79 Å². The molecule has 0 aliphatic heterocycles. The maximum absolute atomic E-state index is 11.7. The van der Waals surface area contributed by atoms with Crippen LogP contribution in [0, 0.1) is 0 Å². The normalized spacial score (nSPS) is 9.83. The van der Waals surface area contributed by atoms with Gasteiger partial charge in [0, 0.05) is 6.20 Å². The van der Waals surface area contributed by atoms with Crippen LogP contribution in [0.1, 0.15) is 17.4 Å². The Morgan fingerprint density at radius 3 is 2.70 bits per heavy atom. The molecule has 0 saturated heterocycles. The van der Waals surface area contributed by atoms with Crippen LogP contribution in [0.15, 0.2) is 36.5 Å². The molecule has 0 atom stereocenters. The molecule has 1 aromatic carbocycles. The number of nitrogens with zero attached hydrogens (tertiary/aromatic N) is 2. The summed E-state index contributed by atoms with van der Waals surface area (Å²) in [5.41, 5.74) is 1.50. The smallest absolute Gasteiger partial charge is 0.358 e. The highest BCUT2D eigenvalue weighted by atomic mass is 35.5. The number of carbonyl (C=O) groups excluding carboxylic acids is 2. The summed E-state index contributed by atoms with van der Waals surface area (Å²) in [5, 5.41) is 9.77. The highest BCUT2D eigenvalue weighted by Crippen LogP contribution is 2.19. The quantitative estimate of drug-likeness (QED) is 0.782. The zero-order chi connectivity index (χ0) is 15.9. The molecule has 8 heteroatoms. The molecule has 23 heavy (non-hydrogen) atoms. The van der Waals surface area contributed by atoms with E-state index in [-0.39, 0.29) is 30.6 Å². The summed E-state index contributed by atoms with van der Waals surface area (Å²) in [4.78, 5) is 23.4. The van der Waals surface area contributed by atoms with Crippen LogP contribution in [0.2, 0.25) is 0 Å². The largest absolute Gasteiger partial charge is 0.461 e. The average Bonchev–Trinajstić information content (AvgIpc) is 2.98. The van der Waals surface area contributed by atoms with Crippen molar-refractivity contribution in [2.24, 2.45) is 0 Å². The molecule has 0 aliphatic carbocycles. The number of anilines is 1. The van der Waals surface area contributed by atoms with Gasteiger partial charge in [0.1, 0.15) is 0 Å². The maximum atomic E-state index is 11.7. The number of nitrogens with one attached hydrogen (secondary N) is 2. The molecule has 2 aromatic rings. The van der Waals surface area contributed by atoms with Gasteiger partial charge in [0.05, 0.1) is 24.5 Å². The summed E-state index contributed by atoms with van der Waals surface area (Å²) in [5.74, 6) is -0.634. The zero-order valence-electron chi connectivity index (χ0n) is 12.9. The number of esters is 1. The van der Waals surface area contributed by atoms with Gasteiger partial charge >= 0.3 is 5.97 Å². The van der Waals surface area contributed by atoms with Crippen LogP contribution < -0.4 is 10.6 Å². The molecule has 0 fully saturated rings. The van der Waals surface area contributed by atoms with Crippen LogP contribution in [-0.2, 0) is 9.53 Å². The molecule has 0 spiro atoms. The second-order valence-electron chi connectivity index (χ2n) is 4.46. The van der Waals surface area contributed by atoms with E-state index in [1.165, 1.54) is 4.68 Å². The number of benzene rings is 1. The van der Waals surface area contributed by atoms with Crippen molar-refractivity contribution in [1.29, 1.82) is 0 Å². The van der Waals surface area contributed by atoms with Gasteiger partial charge in [-0.2, -0.15) is 5.10 Å². The highest BCUT2D eigenvalue weighted by Gasteiger charge is 2.13. The van der Waals surface area contributed by atoms with Gasteiger partial charge in [0.15, 0.2) is 5.69 Å². The Kier molecular flexibility index (Phi) is 7.24. The third-order valence-corrected chi connectivity index (χ3v) is 2.84. The fourth-order valence-corrected chi connectivity index (χ4v) is 1.91. The van der Waals surface area contributed by atoms with Crippen molar-refractivity contribution in [2.45, 2.75) is 6.92 Å². The molecule has 1 amide bonds. The summed E-state index contributed by atoms with van der Waals surface area (Å²) in [6, 6.07) is 8.79. The minimum atomic E-state index is -0.474. The molecule has 1 aromatic heterocycles. The molecule has 0 bridgehead atoms. The molecule has 2 N–H and O–H groups in total. The van der Waals surface area contributed by atoms with E-state index in [0.717, 1.165) is 0 Å². The Morgan fingerprint density at radius 2 is 2.00 bits per heavy atom.